The van der Waals surface area contributed by atoms with Gasteiger partial charge in [-0.05, 0) is 66.8 Å². The van der Waals surface area contributed by atoms with Crippen molar-refractivity contribution in [1.82, 2.24) is 19.9 Å². The Balaban J connectivity index is 1.17. The van der Waals surface area contributed by atoms with Gasteiger partial charge in [-0.15, -0.1) is 0 Å². The van der Waals surface area contributed by atoms with Crippen LogP contribution in [-0.2, 0) is 19.4 Å². The zero-order valence-corrected chi connectivity index (χ0v) is 17.4. The molecule has 5 rings (SSSR count). The number of carbonyl (C=O) groups is 1. The van der Waals surface area contributed by atoms with Crippen LogP contribution < -0.4 is 0 Å². The van der Waals surface area contributed by atoms with Crippen LogP contribution >= 0.6 is 11.6 Å². The minimum Gasteiger partial charge on any atom is -0.338 e. The molecule has 1 aliphatic heterocycles. The molecule has 0 spiro atoms. The average Bonchev–Trinajstić information content (AvgIpc) is 3.43. The maximum atomic E-state index is 12.9. The number of halogens is 1. The number of carbonyl (C=O) groups excluding carboxylic acids is 1. The Bertz CT molecular complexity index is 1060. The lowest BCUT2D eigenvalue weighted by Gasteiger charge is -2.34. The van der Waals surface area contributed by atoms with Crippen LogP contribution in [0.1, 0.15) is 33.8 Å². The van der Waals surface area contributed by atoms with E-state index in [9.17, 15) is 4.79 Å². The third-order valence-electron chi connectivity index (χ3n) is 5.93. The SMILES string of the molecule is O=C(c1ccc2c(c1)CCC2)N1CCN(Cc2nc(-c3ccc(Cl)cc3)no2)CC1. The van der Waals surface area contributed by atoms with Crippen molar-refractivity contribution in [2.75, 3.05) is 26.2 Å². The minimum absolute atomic E-state index is 0.132. The van der Waals surface area contributed by atoms with Crippen LogP contribution in [0.15, 0.2) is 47.0 Å². The molecule has 1 aromatic heterocycles. The lowest BCUT2D eigenvalue weighted by atomic mass is 10.1. The highest BCUT2D eigenvalue weighted by Crippen LogP contribution is 2.24. The molecule has 30 heavy (non-hydrogen) atoms. The number of hydrogen-bond acceptors (Lipinski definition) is 5. The molecule has 1 aliphatic carbocycles. The summed E-state index contributed by atoms with van der Waals surface area (Å²) in [5.74, 6) is 1.28. The molecule has 1 amide bonds. The highest BCUT2D eigenvalue weighted by atomic mass is 35.5. The first-order chi connectivity index (χ1) is 14.7. The van der Waals surface area contributed by atoms with Gasteiger partial charge in [-0.25, -0.2) is 0 Å². The zero-order chi connectivity index (χ0) is 20.5. The number of benzene rings is 2. The van der Waals surface area contributed by atoms with E-state index in [-0.39, 0.29) is 5.91 Å². The van der Waals surface area contributed by atoms with Crippen molar-refractivity contribution in [2.45, 2.75) is 25.8 Å². The lowest BCUT2D eigenvalue weighted by molar-refractivity contribution is 0.0615. The predicted molar refractivity (Wildman–Crippen MR) is 114 cm³/mol. The standard InChI is InChI=1S/C23H23ClN4O2/c24-20-8-6-17(7-9-20)22-25-21(30-26-22)15-27-10-12-28(13-11-27)23(29)19-5-4-16-2-1-3-18(16)14-19/h4-9,14H,1-3,10-13,15H2. The molecule has 2 heterocycles. The zero-order valence-electron chi connectivity index (χ0n) is 16.7. The molecule has 0 unspecified atom stereocenters. The fraction of sp³-hybridized carbons (Fsp3) is 0.348. The quantitative estimate of drug-likeness (QED) is 0.639. The number of aromatic nitrogens is 2. The van der Waals surface area contributed by atoms with Gasteiger partial charge in [0, 0.05) is 42.3 Å². The first-order valence-corrected chi connectivity index (χ1v) is 10.8. The molecule has 1 fully saturated rings. The monoisotopic (exact) mass is 422 g/mol. The number of nitrogens with zero attached hydrogens (tertiary/aromatic N) is 4. The Hall–Kier alpha value is -2.70. The van der Waals surface area contributed by atoms with Crippen molar-refractivity contribution >= 4 is 17.5 Å². The van der Waals surface area contributed by atoms with Crippen LogP contribution in [0.2, 0.25) is 5.02 Å². The summed E-state index contributed by atoms with van der Waals surface area (Å²) in [6.07, 6.45) is 3.42. The largest absolute Gasteiger partial charge is 0.338 e. The fourth-order valence-electron chi connectivity index (χ4n) is 4.22. The summed E-state index contributed by atoms with van der Waals surface area (Å²) in [7, 11) is 0. The van der Waals surface area contributed by atoms with Gasteiger partial charge in [0.15, 0.2) is 0 Å². The molecule has 0 N–H and O–H groups in total. The van der Waals surface area contributed by atoms with Gasteiger partial charge in [-0.1, -0.05) is 22.8 Å². The number of fused-ring (bicyclic) bond motifs is 1. The molecule has 0 saturated carbocycles. The lowest BCUT2D eigenvalue weighted by Crippen LogP contribution is -2.48. The van der Waals surface area contributed by atoms with E-state index in [0.29, 0.717) is 36.4 Å². The molecule has 1 saturated heterocycles. The number of rotatable bonds is 4. The first kappa shape index (κ1) is 19.3. The van der Waals surface area contributed by atoms with Gasteiger partial charge in [0.2, 0.25) is 11.7 Å². The van der Waals surface area contributed by atoms with Crippen LogP contribution in [0.25, 0.3) is 11.4 Å². The summed E-state index contributed by atoms with van der Waals surface area (Å²) < 4.78 is 5.42. The average molecular weight is 423 g/mol. The highest BCUT2D eigenvalue weighted by molar-refractivity contribution is 6.30. The summed E-state index contributed by atoms with van der Waals surface area (Å²) in [6.45, 7) is 3.56. The Morgan fingerprint density at radius 3 is 2.57 bits per heavy atom. The summed E-state index contributed by atoms with van der Waals surface area (Å²) in [5.41, 5.74) is 4.43. The number of piperazine rings is 1. The molecule has 3 aromatic rings. The minimum atomic E-state index is 0.132. The van der Waals surface area contributed by atoms with E-state index < -0.39 is 0 Å². The third kappa shape index (κ3) is 3.98. The molecule has 0 bridgehead atoms. The summed E-state index contributed by atoms with van der Waals surface area (Å²) >= 11 is 5.93. The molecule has 2 aliphatic rings. The molecular weight excluding hydrogens is 400 g/mol. The molecule has 154 valence electrons. The summed E-state index contributed by atoms with van der Waals surface area (Å²) in [4.78, 5) is 21.6. The molecule has 0 radical (unpaired) electrons. The second-order valence-electron chi connectivity index (χ2n) is 7.92. The van der Waals surface area contributed by atoms with Crippen LogP contribution in [0.3, 0.4) is 0 Å². The van der Waals surface area contributed by atoms with Gasteiger partial charge in [0.25, 0.3) is 5.91 Å². The van der Waals surface area contributed by atoms with Crippen LogP contribution in [0.5, 0.6) is 0 Å². The van der Waals surface area contributed by atoms with Gasteiger partial charge in [0.1, 0.15) is 0 Å². The van der Waals surface area contributed by atoms with Crippen molar-refractivity contribution in [3.05, 3.63) is 70.1 Å². The number of aryl methyl sites for hydroxylation is 2. The fourth-order valence-corrected chi connectivity index (χ4v) is 4.35. The maximum absolute atomic E-state index is 12.9. The molecular formula is C23H23ClN4O2. The van der Waals surface area contributed by atoms with E-state index in [1.807, 2.05) is 35.2 Å². The van der Waals surface area contributed by atoms with Crippen LogP contribution in [-0.4, -0.2) is 52.0 Å². The van der Waals surface area contributed by atoms with Gasteiger partial charge in [-0.2, -0.15) is 4.98 Å². The Kier molecular flexibility index (Phi) is 5.27. The van der Waals surface area contributed by atoms with Crippen molar-refractivity contribution in [3.63, 3.8) is 0 Å². The van der Waals surface area contributed by atoms with Crippen molar-refractivity contribution in [2.24, 2.45) is 0 Å². The van der Waals surface area contributed by atoms with E-state index in [0.717, 1.165) is 37.1 Å². The maximum Gasteiger partial charge on any atom is 0.253 e. The van der Waals surface area contributed by atoms with Crippen molar-refractivity contribution in [1.29, 1.82) is 0 Å². The first-order valence-electron chi connectivity index (χ1n) is 10.4. The summed E-state index contributed by atoms with van der Waals surface area (Å²) in [5, 5.41) is 4.75. The van der Waals surface area contributed by atoms with Crippen molar-refractivity contribution in [3.8, 4) is 11.4 Å². The third-order valence-corrected chi connectivity index (χ3v) is 6.19. The second-order valence-corrected chi connectivity index (χ2v) is 8.36. The van der Waals surface area contributed by atoms with Gasteiger partial charge in [-0.3, -0.25) is 9.69 Å². The van der Waals surface area contributed by atoms with Crippen LogP contribution in [0, 0.1) is 0 Å². The van der Waals surface area contributed by atoms with Crippen LogP contribution in [0.4, 0.5) is 0 Å². The topological polar surface area (TPSA) is 62.5 Å². The van der Waals surface area contributed by atoms with E-state index >= 15 is 0 Å². The molecule has 6 nitrogen and oxygen atoms in total. The number of hydrogen-bond donors (Lipinski definition) is 0. The van der Waals surface area contributed by atoms with Gasteiger partial charge in [0.05, 0.1) is 6.54 Å². The molecule has 7 heteroatoms. The number of amides is 1. The smallest absolute Gasteiger partial charge is 0.253 e. The predicted octanol–water partition coefficient (Wildman–Crippen LogP) is 3.84. The van der Waals surface area contributed by atoms with E-state index in [2.05, 4.69) is 27.2 Å². The normalized spacial score (nSPS) is 16.6. The highest BCUT2D eigenvalue weighted by Gasteiger charge is 2.24. The molecule has 0 atom stereocenters. The van der Waals surface area contributed by atoms with Gasteiger partial charge >= 0.3 is 0 Å². The summed E-state index contributed by atoms with van der Waals surface area (Å²) in [6, 6.07) is 13.6. The van der Waals surface area contributed by atoms with Crippen molar-refractivity contribution < 1.29 is 9.32 Å². The van der Waals surface area contributed by atoms with Gasteiger partial charge < -0.3 is 9.42 Å². The van der Waals surface area contributed by atoms with E-state index in [1.54, 1.807) is 0 Å². The Morgan fingerprint density at radius 2 is 1.77 bits per heavy atom. The Labute approximate surface area is 180 Å². The van der Waals surface area contributed by atoms with E-state index in [1.165, 1.54) is 17.5 Å². The molecule has 2 aromatic carbocycles. The van der Waals surface area contributed by atoms with E-state index in [4.69, 9.17) is 16.1 Å². The Morgan fingerprint density at radius 1 is 1.00 bits per heavy atom. The second kappa shape index (κ2) is 8.20.